The number of aliphatic hydroxyl groups is 1. The van der Waals surface area contributed by atoms with Crippen molar-refractivity contribution in [3.8, 4) is 0 Å². The van der Waals surface area contributed by atoms with Gasteiger partial charge in [0.15, 0.2) is 6.10 Å². The molecule has 1 aliphatic heterocycles. The van der Waals surface area contributed by atoms with E-state index in [1.54, 1.807) is 31.2 Å². The molecule has 0 spiro atoms. The molecule has 9 heteroatoms. The van der Waals surface area contributed by atoms with Gasteiger partial charge in [-0.25, -0.2) is 0 Å². The van der Waals surface area contributed by atoms with Crippen molar-refractivity contribution in [2.24, 2.45) is 5.92 Å². The molecular formula is C19H23ClF3NO4. The molecule has 1 amide bonds. The predicted octanol–water partition coefficient (Wildman–Crippen LogP) is 4.19. The van der Waals surface area contributed by atoms with Gasteiger partial charge in [-0.05, 0) is 37.0 Å². The number of likely N-dealkylation sites (tertiary alicyclic amines) is 1. The van der Waals surface area contributed by atoms with E-state index in [1.165, 1.54) is 4.90 Å². The van der Waals surface area contributed by atoms with Gasteiger partial charge in [0.2, 0.25) is 5.91 Å². The highest BCUT2D eigenvalue weighted by Gasteiger charge is 2.44. The maximum absolute atomic E-state index is 13.0. The minimum absolute atomic E-state index is 0.197. The Morgan fingerprint density at radius 2 is 1.89 bits per heavy atom. The van der Waals surface area contributed by atoms with Gasteiger partial charge >= 0.3 is 12.1 Å². The van der Waals surface area contributed by atoms with Crippen LogP contribution in [-0.4, -0.2) is 45.3 Å². The van der Waals surface area contributed by atoms with Crippen molar-refractivity contribution in [1.82, 2.24) is 4.90 Å². The lowest BCUT2D eigenvalue weighted by Gasteiger charge is -2.44. The molecule has 1 saturated heterocycles. The maximum Gasteiger partial charge on any atom is 0.414 e. The van der Waals surface area contributed by atoms with Crippen LogP contribution in [0.1, 0.15) is 50.6 Å². The lowest BCUT2D eigenvalue weighted by molar-refractivity contribution is -0.210. The standard InChI is InChI=1S/C19H23ClF3NO4/c1-2-14(10-16(25)19(21,22)23)24-15(11-3-6-13(20)7-4-11)8-5-12(18(24)28)9-17(26)27/h3-4,6-7,12,14-16,25H,2,5,8-10H2,1H3,(H,26,27)/t12-,14+,15?,16?/m1/s1. The third-order valence-electron chi connectivity index (χ3n) is 5.14. The van der Waals surface area contributed by atoms with Crippen LogP contribution in [0.2, 0.25) is 5.02 Å². The van der Waals surface area contributed by atoms with Gasteiger partial charge in [0, 0.05) is 23.4 Å². The first-order valence-corrected chi connectivity index (χ1v) is 9.46. The summed E-state index contributed by atoms with van der Waals surface area (Å²) in [5, 5.41) is 19.1. The fraction of sp³-hybridized carbons (Fsp3) is 0.579. The summed E-state index contributed by atoms with van der Waals surface area (Å²) in [5.74, 6) is -2.42. The Labute approximate surface area is 166 Å². The number of aliphatic carboxylic acids is 1. The van der Waals surface area contributed by atoms with Crippen LogP contribution in [-0.2, 0) is 9.59 Å². The van der Waals surface area contributed by atoms with Gasteiger partial charge in [0.1, 0.15) is 0 Å². The predicted molar refractivity (Wildman–Crippen MR) is 96.8 cm³/mol. The first-order valence-electron chi connectivity index (χ1n) is 9.08. The van der Waals surface area contributed by atoms with Gasteiger partial charge in [-0.3, -0.25) is 9.59 Å². The third-order valence-corrected chi connectivity index (χ3v) is 5.39. The molecule has 0 bridgehead atoms. The van der Waals surface area contributed by atoms with Crippen molar-refractivity contribution >= 4 is 23.5 Å². The van der Waals surface area contributed by atoms with E-state index in [2.05, 4.69) is 0 Å². The highest BCUT2D eigenvalue weighted by atomic mass is 35.5. The van der Waals surface area contributed by atoms with Crippen LogP contribution in [0, 0.1) is 5.92 Å². The Morgan fingerprint density at radius 3 is 2.39 bits per heavy atom. The molecular weight excluding hydrogens is 399 g/mol. The molecule has 156 valence electrons. The van der Waals surface area contributed by atoms with Gasteiger partial charge in [-0.1, -0.05) is 30.7 Å². The number of nitrogens with zero attached hydrogens (tertiary/aromatic N) is 1. The quantitative estimate of drug-likeness (QED) is 0.692. The minimum Gasteiger partial charge on any atom is -0.481 e. The van der Waals surface area contributed by atoms with Gasteiger partial charge < -0.3 is 15.1 Å². The van der Waals surface area contributed by atoms with Gasteiger partial charge in [0.05, 0.1) is 12.5 Å². The van der Waals surface area contributed by atoms with E-state index < -0.39 is 48.6 Å². The number of carboxylic acids is 1. The fourth-order valence-corrected chi connectivity index (χ4v) is 3.83. The van der Waals surface area contributed by atoms with Crippen LogP contribution < -0.4 is 0 Å². The first-order chi connectivity index (χ1) is 13.0. The zero-order chi connectivity index (χ0) is 21.1. The van der Waals surface area contributed by atoms with Crippen LogP contribution in [0.4, 0.5) is 13.2 Å². The van der Waals surface area contributed by atoms with Crippen molar-refractivity contribution in [2.45, 2.75) is 63.4 Å². The summed E-state index contributed by atoms with van der Waals surface area (Å²) in [7, 11) is 0. The number of aliphatic hydroxyl groups excluding tert-OH is 1. The van der Waals surface area contributed by atoms with E-state index >= 15 is 0 Å². The van der Waals surface area contributed by atoms with E-state index in [0.29, 0.717) is 23.4 Å². The fourth-order valence-electron chi connectivity index (χ4n) is 3.70. The molecule has 28 heavy (non-hydrogen) atoms. The molecule has 4 atom stereocenters. The number of carboxylic acid groups (broad SMARTS) is 1. The average Bonchev–Trinajstić information content (AvgIpc) is 2.61. The zero-order valence-electron chi connectivity index (χ0n) is 15.3. The van der Waals surface area contributed by atoms with Crippen LogP contribution in [0.15, 0.2) is 24.3 Å². The molecule has 0 aromatic heterocycles. The number of rotatable bonds is 7. The molecule has 0 radical (unpaired) electrons. The zero-order valence-corrected chi connectivity index (χ0v) is 16.1. The van der Waals surface area contributed by atoms with E-state index in [4.69, 9.17) is 16.7 Å². The lowest BCUT2D eigenvalue weighted by atomic mass is 9.84. The van der Waals surface area contributed by atoms with Gasteiger partial charge in [-0.15, -0.1) is 0 Å². The van der Waals surface area contributed by atoms with E-state index in [9.17, 15) is 27.9 Å². The Balaban J connectivity index is 2.36. The van der Waals surface area contributed by atoms with E-state index in [0.717, 1.165) is 0 Å². The number of amides is 1. The number of benzene rings is 1. The maximum atomic E-state index is 13.0. The highest BCUT2D eigenvalue weighted by molar-refractivity contribution is 6.30. The van der Waals surface area contributed by atoms with Gasteiger partial charge in [0.25, 0.3) is 0 Å². The molecule has 0 aliphatic carbocycles. The number of carbonyl (C=O) groups is 2. The van der Waals surface area contributed by atoms with Crippen LogP contribution in [0.3, 0.4) is 0 Å². The number of alkyl halides is 3. The van der Waals surface area contributed by atoms with E-state index in [1.807, 2.05) is 0 Å². The minimum atomic E-state index is -4.79. The third kappa shape index (κ3) is 5.38. The molecule has 2 N–H and O–H groups in total. The summed E-state index contributed by atoms with van der Waals surface area (Å²) >= 11 is 5.90. The summed E-state index contributed by atoms with van der Waals surface area (Å²) in [5.41, 5.74) is 0.714. The van der Waals surface area contributed by atoms with Crippen LogP contribution in [0.5, 0.6) is 0 Å². The molecule has 1 heterocycles. The number of piperidine rings is 1. The molecule has 1 fully saturated rings. The molecule has 1 aromatic rings. The SMILES string of the molecule is CC[C@@H](CC(O)C(F)(F)F)N1C(=O)[C@@H](CC(=O)O)CCC1c1ccc(Cl)cc1. The van der Waals surface area contributed by atoms with E-state index in [-0.39, 0.29) is 12.8 Å². The summed E-state index contributed by atoms with van der Waals surface area (Å²) in [6, 6.07) is 5.31. The van der Waals surface area contributed by atoms with Crippen molar-refractivity contribution in [3.63, 3.8) is 0 Å². The second-order valence-corrected chi connectivity index (χ2v) is 7.48. The normalized spacial score (nSPS) is 22.8. The largest absolute Gasteiger partial charge is 0.481 e. The number of hydrogen-bond donors (Lipinski definition) is 2. The van der Waals surface area contributed by atoms with Crippen LogP contribution >= 0.6 is 11.6 Å². The molecule has 1 aromatic carbocycles. The lowest BCUT2D eigenvalue weighted by Crippen LogP contribution is -2.51. The topological polar surface area (TPSA) is 77.8 Å². The Kier molecular flexibility index (Phi) is 7.33. The first kappa shape index (κ1) is 22.5. The molecule has 2 unspecified atom stereocenters. The van der Waals surface area contributed by atoms with Crippen molar-refractivity contribution in [1.29, 1.82) is 0 Å². The molecule has 0 saturated carbocycles. The number of halogens is 4. The summed E-state index contributed by atoms with van der Waals surface area (Å²) in [4.78, 5) is 25.4. The molecule has 1 aliphatic rings. The Hall–Kier alpha value is -1.80. The monoisotopic (exact) mass is 421 g/mol. The number of hydrogen-bond acceptors (Lipinski definition) is 3. The smallest absolute Gasteiger partial charge is 0.414 e. The van der Waals surface area contributed by atoms with Crippen molar-refractivity contribution in [3.05, 3.63) is 34.9 Å². The summed E-state index contributed by atoms with van der Waals surface area (Å²) in [6.07, 6.45) is -7.44. The highest BCUT2D eigenvalue weighted by Crippen LogP contribution is 2.39. The second-order valence-electron chi connectivity index (χ2n) is 7.04. The van der Waals surface area contributed by atoms with Gasteiger partial charge in [-0.2, -0.15) is 13.2 Å². The Morgan fingerprint density at radius 1 is 1.29 bits per heavy atom. The number of carbonyl (C=O) groups excluding carboxylic acids is 1. The molecule has 5 nitrogen and oxygen atoms in total. The van der Waals surface area contributed by atoms with Crippen LogP contribution in [0.25, 0.3) is 0 Å². The van der Waals surface area contributed by atoms with Crippen molar-refractivity contribution in [2.75, 3.05) is 0 Å². The molecule has 2 rings (SSSR count). The summed E-state index contributed by atoms with van der Waals surface area (Å²) < 4.78 is 38.6. The second kappa shape index (κ2) is 9.13. The Bertz CT molecular complexity index is 695. The van der Waals surface area contributed by atoms with Crippen molar-refractivity contribution < 1.29 is 33.0 Å². The summed E-state index contributed by atoms with van der Waals surface area (Å²) in [6.45, 7) is 1.64. The average molecular weight is 422 g/mol.